The number of likely N-dealkylation sites (N-methyl/N-ethyl adjacent to an activating group) is 1. The molecule has 0 aliphatic carbocycles. The second-order valence-electron chi connectivity index (χ2n) is 7.05. The highest BCUT2D eigenvalue weighted by atomic mass is 16.5. The smallest absolute Gasteiger partial charge is 0.308 e. The van der Waals surface area contributed by atoms with E-state index >= 15 is 0 Å². The molecule has 4 nitrogen and oxygen atoms in total. The van der Waals surface area contributed by atoms with E-state index in [1.807, 2.05) is 24.4 Å². The molecule has 1 N–H and O–H groups in total. The number of rotatable bonds is 4. The molecule has 0 fully saturated rings. The Morgan fingerprint density at radius 3 is 2.41 bits per heavy atom. The molecular weight excluding hydrogens is 271 g/mol. The van der Waals surface area contributed by atoms with Crippen LogP contribution < -0.4 is 4.74 Å². The van der Waals surface area contributed by atoms with E-state index in [2.05, 4.69) is 55.4 Å². The monoisotopic (exact) mass is 294 g/mol. The number of H-pyrrole nitrogens is 1. The predicted octanol–water partition coefficient (Wildman–Crippen LogP) is -2.01. The van der Waals surface area contributed by atoms with Gasteiger partial charge in [-0.15, -0.1) is 0 Å². The maximum atomic E-state index is 11.4. The standard InChI is InChI=1S/C14H22B4N2O2/c1-8(21)22-11-6-4-5-10-12(11)9(7-19-10)13(15,16)14(17,18)20(2)3/h4-7,19H,15-18H2,1-3H3. The molecule has 1 heterocycles. The van der Waals surface area contributed by atoms with E-state index in [-0.39, 0.29) is 16.5 Å². The zero-order valence-corrected chi connectivity index (χ0v) is 14.6. The number of carbonyl (C=O) groups excluding carboxylic acids is 1. The molecule has 0 amide bonds. The molecule has 0 spiro atoms. The summed E-state index contributed by atoms with van der Waals surface area (Å²) in [5, 5.41) is 0.758. The number of ether oxygens (including phenoxy) is 1. The first kappa shape index (κ1) is 16.8. The number of benzene rings is 1. The van der Waals surface area contributed by atoms with Gasteiger partial charge in [-0.2, -0.15) is 0 Å². The summed E-state index contributed by atoms with van der Waals surface area (Å²) in [5.74, 6) is 0.313. The summed E-state index contributed by atoms with van der Waals surface area (Å²) in [6.45, 7) is 1.43. The van der Waals surface area contributed by atoms with Gasteiger partial charge in [0.05, 0.1) is 0 Å². The molecule has 0 aliphatic heterocycles. The molecule has 0 unspecified atom stereocenters. The number of hydrogen-bond acceptors (Lipinski definition) is 3. The predicted molar refractivity (Wildman–Crippen MR) is 102 cm³/mol. The van der Waals surface area contributed by atoms with Crippen LogP contribution in [0.4, 0.5) is 0 Å². The van der Waals surface area contributed by atoms with E-state index in [1.54, 1.807) is 0 Å². The Bertz CT molecular complexity index is 710. The number of aromatic nitrogens is 1. The molecule has 0 bridgehead atoms. The van der Waals surface area contributed by atoms with Crippen LogP contribution in [-0.2, 0) is 10.0 Å². The number of nitrogens with zero attached hydrogens (tertiary/aromatic N) is 1. The highest BCUT2D eigenvalue weighted by molar-refractivity contribution is 6.54. The van der Waals surface area contributed by atoms with Gasteiger partial charge in [0.15, 0.2) is 0 Å². The molecule has 1 aromatic carbocycles. The summed E-state index contributed by atoms with van der Waals surface area (Å²) in [6.07, 6.45) is 2.03. The lowest BCUT2D eigenvalue weighted by atomic mass is 9.31. The summed E-state index contributed by atoms with van der Waals surface area (Å²) in [7, 11) is 13.1. The Morgan fingerprint density at radius 2 is 1.86 bits per heavy atom. The van der Waals surface area contributed by atoms with Crippen LogP contribution in [0.15, 0.2) is 24.4 Å². The Labute approximate surface area is 135 Å². The number of carbonyl (C=O) groups is 1. The number of fused-ring (bicyclic) bond motifs is 1. The van der Waals surface area contributed by atoms with Crippen LogP contribution in [0, 0.1) is 0 Å². The van der Waals surface area contributed by atoms with Crippen molar-refractivity contribution in [3.8, 4) is 5.75 Å². The molecule has 0 saturated carbocycles. The Hall–Kier alpha value is -1.55. The number of nitrogens with one attached hydrogen (secondary N) is 1. The molecule has 2 aromatic rings. The van der Waals surface area contributed by atoms with Crippen molar-refractivity contribution in [1.82, 2.24) is 9.88 Å². The molecule has 8 heteroatoms. The molecule has 1 aromatic heterocycles. The molecule has 0 radical (unpaired) electrons. The van der Waals surface area contributed by atoms with Crippen molar-refractivity contribution in [2.24, 2.45) is 0 Å². The van der Waals surface area contributed by atoms with E-state index in [0.29, 0.717) is 5.75 Å². The van der Waals surface area contributed by atoms with E-state index in [9.17, 15) is 4.79 Å². The fraction of sp³-hybridized carbons (Fsp3) is 0.357. The van der Waals surface area contributed by atoms with Crippen molar-refractivity contribution in [2.45, 2.75) is 17.5 Å². The van der Waals surface area contributed by atoms with Crippen molar-refractivity contribution in [3.63, 3.8) is 0 Å². The van der Waals surface area contributed by atoms with Gasteiger partial charge in [0.25, 0.3) is 0 Å². The van der Waals surface area contributed by atoms with E-state index in [1.165, 1.54) is 6.92 Å². The lowest BCUT2D eigenvalue weighted by molar-refractivity contribution is -0.131. The highest BCUT2D eigenvalue weighted by Gasteiger charge is 2.41. The van der Waals surface area contributed by atoms with Gasteiger partial charge in [0, 0.05) is 24.0 Å². The van der Waals surface area contributed by atoms with E-state index in [4.69, 9.17) is 4.74 Å². The topological polar surface area (TPSA) is 45.3 Å². The maximum Gasteiger partial charge on any atom is 0.308 e. The Balaban J connectivity index is 2.68. The highest BCUT2D eigenvalue weighted by Crippen LogP contribution is 2.38. The van der Waals surface area contributed by atoms with Crippen LogP contribution >= 0.6 is 0 Å². The minimum atomic E-state index is -0.302. The third-order valence-corrected chi connectivity index (χ3v) is 5.24. The first-order chi connectivity index (χ1) is 10.1. The molecule has 0 saturated heterocycles. The lowest BCUT2D eigenvalue weighted by Crippen LogP contribution is -2.62. The average Bonchev–Trinajstić information content (AvgIpc) is 2.83. The molecular formula is C14H22B4N2O2. The van der Waals surface area contributed by atoms with Gasteiger partial charge in [-0.05, 0) is 37.1 Å². The second kappa shape index (κ2) is 5.58. The normalized spacial score (nSPS) is 12.7. The second-order valence-corrected chi connectivity index (χ2v) is 7.05. The van der Waals surface area contributed by atoms with Gasteiger partial charge in [0.1, 0.15) is 37.1 Å². The third kappa shape index (κ3) is 2.60. The Kier molecular flexibility index (Phi) is 4.26. The van der Waals surface area contributed by atoms with Crippen LogP contribution in [0.2, 0.25) is 0 Å². The van der Waals surface area contributed by atoms with Crippen LogP contribution in [0.5, 0.6) is 5.75 Å². The Morgan fingerprint density at radius 1 is 1.23 bits per heavy atom. The van der Waals surface area contributed by atoms with Crippen molar-refractivity contribution in [1.29, 1.82) is 0 Å². The minimum absolute atomic E-state index is 0.0779. The fourth-order valence-electron chi connectivity index (χ4n) is 2.77. The number of aromatic amines is 1. The van der Waals surface area contributed by atoms with Crippen molar-refractivity contribution in [3.05, 3.63) is 30.0 Å². The zero-order valence-electron chi connectivity index (χ0n) is 14.6. The van der Waals surface area contributed by atoms with Gasteiger partial charge in [-0.3, -0.25) is 4.79 Å². The van der Waals surface area contributed by atoms with Gasteiger partial charge in [-0.1, -0.05) is 11.3 Å². The first-order valence-electron chi connectivity index (χ1n) is 7.55. The number of esters is 1. The maximum absolute atomic E-state index is 11.4. The quantitative estimate of drug-likeness (QED) is 0.403. The molecule has 0 atom stereocenters. The fourth-order valence-corrected chi connectivity index (χ4v) is 2.77. The van der Waals surface area contributed by atoms with E-state index in [0.717, 1.165) is 16.5 Å². The van der Waals surface area contributed by atoms with Gasteiger partial charge >= 0.3 is 5.97 Å². The summed E-state index contributed by atoms with van der Waals surface area (Å²) in [6, 6.07) is 5.75. The summed E-state index contributed by atoms with van der Waals surface area (Å²) >= 11 is 0. The largest absolute Gasteiger partial charge is 0.426 e. The van der Waals surface area contributed by atoms with Crippen molar-refractivity contribution < 1.29 is 9.53 Å². The SMILES string of the molecule is BC(B)(c1c[nH]c2cccc(OC(C)=O)c12)C(B)(B)N(C)C. The van der Waals surface area contributed by atoms with Crippen LogP contribution in [-0.4, -0.2) is 66.7 Å². The minimum Gasteiger partial charge on any atom is -0.426 e. The van der Waals surface area contributed by atoms with Crippen LogP contribution in [0.1, 0.15) is 12.5 Å². The summed E-state index contributed by atoms with van der Waals surface area (Å²) in [4.78, 5) is 16.9. The van der Waals surface area contributed by atoms with Gasteiger partial charge in [-0.25, -0.2) is 0 Å². The first-order valence-corrected chi connectivity index (χ1v) is 7.55. The van der Waals surface area contributed by atoms with E-state index < -0.39 is 0 Å². The van der Waals surface area contributed by atoms with Crippen molar-refractivity contribution >= 4 is 48.3 Å². The molecule has 0 aliphatic rings. The summed E-state index contributed by atoms with van der Waals surface area (Å²) < 4.78 is 5.42. The summed E-state index contributed by atoms with van der Waals surface area (Å²) in [5.41, 5.74) is 2.13. The molecule has 22 heavy (non-hydrogen) atoms. The average molecular weight is 294 g/mol. The van der Waals surface area contributed by atoms with Crippen LogP contribution in [0.3, 0.4) is 0 Å². The van der Waals surface area contributed by atoms with Crippen LogP contribution in [0.25, 0.3) is 10.9 Å². The zero-order chi connectivity index (χ0) is 16.7. The molecule has 112 valence electrons. The lowest BCUT2D eigenvalue weighted by Gasteiger charge is -2.47. The van der Waals surface area contributed by atoms with Crippen molar-refractivity contribution in [2.75, 3.05) is 14.1 Å². The third-order valence-electron chi connectivity index (χ3n) is 5.24. The molecule has 2 rings (SSSR count). The van der Waals surface area contributed by atoms with Gasteiger partial charge in [0.2, 0.25) is 0 Å². The van der Waals surface area contributed by atoms with Gasteiger partial charge < -0.3 is 14.6 Å². The number of hydrogen-bond donors (Lipinski definition) is 1.